The summed E-state index contributed by atoms with van der Waals surface area (Å²) in [7, 11) is 0. The van der Waals surface area contributed by atoms with Crippen molar-refractivity contribution in [2.24, 2.45) is 10.9 Å². The van der Waals surface area contributed by atoms with Crippen molar-refractivity contribution < 1.29 is 4.74 Å². The molecule has 1 aromatic carbocycles. The average Bonchev–Trinajstić information content (AvgIpc) is 2.82. The fourth-order valence-corrected chi connectivity index (χ4v) is 4.55. The van der Waals surface area contributed by atoms with Crippen molar-refractivity contribution in [2.75, 3.05) is 12.3 Å². The number of thioether (sulfide) groups is 1. The zero-order valence-electron chi connectivity index (χ0n) is 17.1. The van der Waals surface area contributed by atoms with E-state index in [2.05, 4.69) is 78.5 Å². The fraction of sp³-hybridized carbons (Fsp3) is 0.667. The van der Waals surface area contributed by atoms with Crippen LogP contribution in [0.15, 0.2) is 23.2 Å². The van der Waals surface area contributed by atoms with E-state index in [4.69, 9.17) is 9.73 Å². The van der Waals surface area contributed by atoms with Gasteiger partial charge in [-0.3, -0.25) is 0 Å². The Labute approximate surface area is 158 Å². The standard InChI is InChI=1S/C21H34N2OS/c1-14(2)12-23-19(17(5)24-21(6,7)8)13-25-20(23)22-18-10-9-15(3)11-16(18)4/h9-11,14,17,19H,12-13H2,1-8H3/t17-,19-/m1/s1. The van der Waals surface area contributed by atoms with E-state index in [-0.39, 0.29) is 11.7 Å². The van der Waals surface area contributed by atoms with E-state index in [1.54, 1.807) is 0 Å². The number of rotatable bonds is 5. The topological polar surface area (TPSA) is 24.8 Å². The second kappa shape index (κ2) is 8.13. The molecule has 2 rings (SSSR count). The quantitative estimate of drug-likeness (QED) is 0.685. The number of nitrogens with zero attached hydrogens (tertiary/aromatic N) is 2. The Morgan fingerprint density at radius 3 is 2.48 bits per heavy atom. The van der Waals surface area contributed by atoms with Crippen LogP contribution in [0.4, 0.5) is 5.69 Å². The van der Waals surface area contributed by atoms with E-state index in [0.29, 0.717) is 12.0 Å². The van der Waals surface area contributed by atoms with Crippen LogP contribution in [0.3, 0.4) is 0 Å². The summed E-state index contributed by atoms with van der Waals surface area (Å²) < 4.78 is 6.26. The Morgan fingerprint density at radius 2 is 1.92 bits per heavy atom. The highest BCUT2D eigenvalue weighted by molar-refractivity contribution is 8.14. The molecule has 25 heavy (non-hydrogen) atoms. The lowest BCUT2D eigenvalue weighted by Crippen LogP contribution is -2.46. The number of ether oxygens (including phenoxy) is 1. The van der Waals surface area contributed by atoms with E-state index < -0.39 is 0 Å². The zero-order chi connectivity index (χ0) is 18.8. The molecular weight excluding hydrogens is 328 g/mol. The lowest BCUT2D eigenvalue weighted by atomic mass is 10.1. The third-order valence-corrected chi connectivity index (χ3v) is 5.33. The first kappa shape index (κ1) is 20.3. The van der Waals surface area contributed by atoms with Gasteiger partial charge in [-0.25, -0.2) is 4.99 Å². The highest BCUT2D eigenvalue weighted by Gasteiger charge is 2.36. The van der Waals surface area contributed by atoms with Gasteiger partial charge in [0, 0.05) is 12.3 Å². The van der Waals surface area contributed by atoms with E-state index in [1.807, 2.05) is 11.8 Å². The van der Waals surface area contributed by atoms with Gasteiger partial charge in [-0.05, 0) is 59.1 Å². The number of aliphatic imine (C=N–C) groups is 1. The SMILES string of the molecule is Cc1ccc(N=C2SC[C@H]([C@@H](C)OC(C)(C)C)N2CC(C)C)c(C)c1. The molecule has 140 valence electrons. The highest BCUT2D eigenvalue weighted by Crippen LogP contribution is 2.32. The molecule has 1 saturated heterocycles. The Balaban J connectivity index is 2.27. The van der Waals surface area contributed by atoms with Gasteiger partial charge in [0.1, 0.15) is 0 Å². The van der Waals surface area contributed by atoms with Crippen molar-refractivity contribution in [1.29, 1.82) is 0 Å². The highest BCUT2D eigenvalue weighted by atomic mass is 32.2. The second-order valence-electron chi connectivity index (χ2n) is 8.54. The van der Waals surface area contributed by atoms with Gasteiger partial charge in [0.25, 0.3) is 0 Å². The molecule has 1 heterocycles. The predicted molar refractivity (Wildman–Crippen MR) is 111 cm³/mol. The molecule has 1 aliphatic rings. The van der Waals surface area contributed by atoms with Crippen molar-refractivity contribution in [3.05, 3.63) is 29.3 Å². The molecular formula is C21H34N2OS. The summed E-state index contributed by atoms with van der Waals surface area (Å²) in [4.78, 5) is 7.48. The van der Waals surface area contributed by atoms with Gasteiger partial charge in [-0.1, -0.05) is 43.3 Å². The number of benzene rings is 1. The maximum absolute atomic E-state index is 6.26. The minimum Gasteiger partial charge on any atom is -0.371 e. The Bertz CT molecular complexity index is 619. The third kappa shape index (κ3) is 5.75. The molecule has 0 bridgehead atoms. The van der Waals surface area contributed by atoms with Gasteiger partial charge < -0.3 is 9.64 Å². The maximum Gasteiger partial charge on any atom is 0.164 e. The van der Waals surface area contributed by atoms with E-state index >= 15 is 0 Å². The molecule has 0 N–H and O–H groups in total. The first-order valence-corrected chi connectivity index (χ1v) is 10.3. The predicted octanol–water partition coefficient (Wildman–Crippen LogP) is 5.57. The van der Waals surface area contributed by atoms with Gasteiger partial charge in [-0.2, -0.15) is 0 Å². The largest absolute Gasteiger partial charge is 0.371 e. The third-order valence-electron chi connectivity index (χ3n) is 4.24. The van der Waals surface area contributed by atoms with Gasteiger partial charge >= 0.3 is 0 Å². The van der Waals surface area contributed by atoms with Crippen molar-refractivity contribution >= 4 is 22.6 Å². The lowest BCUT2D eigenvalue weighted by molar-refractivity contribution is -0.0737. The number of amidine groups is 1. The number of aryl methyl sites for hydroxylation is 2. The zero-order valence-corrected chi connectivity index (χ0v) is 17.9. The lowest BCUT2D eigenvalue weighted by Gasteiger charge is -2.35. The van der Waals surface area contributed by atoms with Crippen molar-refractivity contribution in [3.63, 3.8) is 0 Å². The normalized spacial score (nSPS) is 21.4. The summed E-state index contributed by atoms with van der Waals surface area (Å²) in [5, 5.41) is 1.13. The van der Waals surface area contributed by atoms with Crippen LogP contribution in [-0.4, -0.2) is 40.1 Å². The first-order chi connectivity index (χ1) is 11.6. The van der Waals surface area contributed by atoms with Crippen LogP contribution in [0.1, 0.15) is 52.7 Å². The monoisotopic (exact) mass is 362 g/mol. The first-order valence-electron chi connectivity index (χ1n) is 9.30. The Hall–Kier alpha value is -1.00. The summed E-state index contributed by atoms with van der Waals surface area (Å²) in [5.41, 5.74) is 3.47. The molecule has 1 aliphatic heterocycles. The van der Waals surface area contributed by atoms with Gasteiger partial charge in [0.2, 0.25) is 0 Å². The van der Waals surface area contributed by atoms with Crippen molar-refractivity contribution in [3.8, 4) is 0 Å². The van der Waals surface area contributed by atoms with Crippen molar-refractivity contribution in [2.45, 2.75) is 73.1 Å². The molecule has 0 aromatic heterocycles. The van der Waals surface area contributed by atoms with Gasteiger partial charge in [0.05, 0.1) is 23.4 Å². The molecule has 0 aliphatic carbocycles. The fourth-order valence-electron chi connectivity index (χ4n) is 3.24. The minimum absolute atomic E-state index is 0.124. The summed E-state index contributed by atoms with van der Waals surface area (Å²) in [5.74, 6) is 1.63. The minimum atomic E-state index is -0.124. The van der Waals surface area contributed by atoms with E-state index in [0.717, 1.165) is 23.2 Å². The molecule has 1 aromatic rings. The summed E-state index contributed by atoms with van der Waals surface area (Å²) in [6.45, 7) is 18.4. The van der Waals surface area contributed by atoms with Crippen LogP contribution in [0.5, 0.6) is 0 Å². The second-order valence-corrected chi connectivity index (χ2v) is 9.53. The van der Waals surface area contributed by atoms with Crippen LogP contribution in [-0.2, 0) is 4.74 Å². The summed E-state index contributed by atoms with van der Waals surface area (Å²) in [6, 6.07) is 6.85. The van der Waals surface area contributed by atoms with E-state index in [1.165, 1.54) is 11.1 Å². The van der Waals surface area contributed by atoms with Crippen LogP contribution >= 0.6 is 11.8 Å². The number of hydrogen-bond donors (Lipinski definition) is 0. The van der Waals surface area contributed by atoms with Crippen molar-refractivity contribution in [1.82, 2.24) is 4.90 Å². The molecule has 1 fully saturated rings. The van der Waals surface area contributed by atoms with Gasteiger partial charge in [-0.15, -0.1) is 0 Å². The summed E-state index contributed by atoms with van der Waals surface area (Å²) >= 11 is 1.86. The molecule has 4 heteroatoms. The smallest absolute Gasteiger partial charge is 0.164 e. The van der Waals surface area contributed by atoms with E-state index in [9.17, 15) is 0 Å². The molecule has 3 nitrogen and oxygen atoms in total. The Morgan fingerprint density at radius 1 is 1.24 bits per heavy atom. The molecule has 0 amide bonds. The molecule has 2 atom stereocenters. The molecule has 0 saturated carbocycles. The maximum atomic E-state index is 6.26. The average molecular weight is 363 g/mol. The van der Waals surface area contributed by atoms with Crippen LogP contribution in [0.2, 0.25) is 0 Å². The number of hydrogen-bond acceptors (Lipinski definition) is 3. The summed E-state index contributed by atoms with van der Waals surface area (Å²) in [6.07, 6.45) is 0.179. The van der Waals surface area contributed by atoms with Crippen LogP contribution in [0, 0.1) is 19.8 Å². The Kier molecular flexibility index (Phi) is 6.61. The van der Waals surface area contributed by atoms with Crippen LogP contribution in [0.25, 0.3) is 0 Å². The van der Waals surface area contributed by atoms with Gasteiger partial charge in [0.15, 0.2) is 5.17 Å². The molecule has 0 unspecified atom stereocenters. The molecule has 0 radical (unpaired) electrons. The van der Waals surface area contributed by atoms with Crippen LogP contribution < -0.4 is 0 Å². The molecule has 0 spiro atoms.